The van der Waals surface area contributed by atoms with Crippen LogP contribution in [0.3, 0.4) is 0 Å². The maximum atomic E-state index is 6.00. The number of hydrogen-bond acceptors (Lipinski definition) is 0. The van der Waals surface area contributed by atoms with Crippen LogP contribution < -0.4 is 0 Å². The van der Waals surface area contributed by atoms with E-state index in [1.54, 1.807) is 0 Å². The first-order valence-corrected chi connectivity index (χ1v) is 7.10. The maximum absolute atomic E-state index is 6.00. The van der Waals surface area contributed by atoms with Crippen LogP contribution >= 0.6 is 11.6 Å². The molecule has 0 aliphatic heterocycles. The normalized spacial score (nSPS) is 12.7. The summed E-state index contributed by atoms with van der Waals surface area (Å²) in [5.74, 6) is 0.659. The minimum Gasteiger partial charge on any atom is -0.340 e. The smallest absolute Gasteiger partial charge is 0.0597 e. The van der Waals surface area contributed by atoms with Crippen molar-refractivity contribution in [1.82, 2.24) is 4.57 Å². The Kier molecular flexibility index (Phi) is 3.56. The average molecular weight is 270 g/mol. The zero-order valence-corrected chi connectivity index (χ0v) is 11.4. The Morgan fingerprint density at radius 1 is 0.895 bits per heavy atom. The summed E-state index contributed by atoms with van der Waals surface area (Å²) in [7, 11) is 0. The molecule has 0 fully saturated rings. The molecule has 1 heterocycles. The predicted molar refractivity (Wildman–Crippen MR) is 81.9 cm³/mol. The van der Waals surface area contributed by atoms with E-state index in [0.717, 1.165) is 6.42 Å². The first-order chi connectivity index (χ1) is 9.40. The molecule has 19 heavy (non-hydrogen) atoms. The van der Waals surface area contributed by atoms with E-state index in [0.29, 0.717) is 11.9 Å². The molecule has 3 aromatic rings. The van der Waals surface area contributed by atoms with Crippen molar-refractivity contribution in [3.63, 3.8) is 0 Å². The van der Waals surface area contributed by atoms with Crippen molar-refractivity contribution in [1.29, 1.82) is 0 Å². The van der Waals surface area contributed by atoms with E-state index in [1.165, 1.54) is 16.5 Å². The van der Waals surface area contributed by atoms with E-state index >= 15 is 0 Å². The fraction of sp³-hybridized carbons (Fsp3) is 0.176. The summed E-state index contributed by atoms with van der Waals surface area (Å²) in [6.07, 6.45) is 3.10. The monoisotopic (exact) mass is 269 g/mol. The Hall–Kier alpha value is -1.73. The summed E-state index contributed by atoms with van der Waals surface area (Å²) in [4.78, 5) is 0. The molecular formula is C17H16ClN. The largest absolute Gasteiger partial charge is 0.340 e. The van der Waals surface area contributed by atoms with Crippen molar-refractivity contribution in [2.75, 3.05) is 5.88 Å². The topological polar surface area (TPSA) is 4.93 Å². The van der Waals surface area contributed by atoms with Crippen LogP contribution in [0.4, 0.5) is 0 Å². The Labute approximate surface area is 118 Å². The first-order valence-electron chi connectivity index (χ1n) is 6.56. The second-order valence-electron chi connectivity index (χ2n) is 4.69. The van der Waals surface area contributed by atoms with Crippen molar-refractivity contribution in [3.05, 3.63) is 72.4 Å². The molecule has 0 saturated heterocycles. The van der Waals surface area contributed by atoms with E-state index in [1.807, 2.05) is 0 Å². The molecule has 1 atom stereocenters. The molecule has 2 aromatic carbocycles. The maximum Gasteiger partial charge on any atom is 0.0597 e. The molecule has 0 amide bonds. The highest BCUT2D eigenvalue weighted by Gasteiger charge is 2.14. The van der Waals surface area contributed by atoms with Crippen LogP contribution in [0.15, 0.2) is 66.9 Å². The molecule has 1 nitrogen and oxygen atoms in total. The van der Waals surface area contributed by atoms with Gasteiger partial charge in [-0.2, -0.15) is 0 Å². The minimum atomic E-state index is 0.304. The third kappa shape index (κ3) is 2.39. The van der Waals surface area contributed by atoms with Gasteiger partial charge in [-0.25, -0.2) is 0 Å². The van der Waals surface area contributed by atoms with E-state index < -0.39 is 0 Å². The van der Waals surface area contributed by atoms with Crippen molar-refractivity contribution in [3.8, 4) is 0 Å². The van der Waals surface area contributed by atoms with Crippen LogP contribution in [-0.4, -0.2) is 10.4 Å². The van der Waals surface area contributed by atoms with Crippen molar-refractivity contribution in [2.24, 2.45) is 0 Å². The zero-order valence-electron chi connectivity index (χ0n) is 10.7. The molecule has 1 aromatic heterocycles. The second kappa shape index (κ2) is 5.50. The summed E-state index contributed by atoms with van der Waals surface area (Å²) >= 11 is 6.00. The van der Waals surface area contributed by atoms with Crippen molar-refractivity contribution < 1.29 is 0 Å². The number of alkyl halides is 1. The average Bonchev–Trinajstić information content (AvgIpc) is 2.89. The van der Waals surface area contributed by atoms with Crippen LogP contribution in [0.25, 0.3) is 10.9 Å². The summed E-state index contributed by atoms with van der Waals surface area (Å²) < 4.78 is 2.33. The molecule has 0 saturated carbocycles. The minimum absolute atomic E-state index is 0.304. The van der Waals surface area contributed by atoms with Crippen LogP contribution in [0, 0.1) is 0 Å². The molecule has 0 aliphatic carbocycles. The number of nitrogens with zero attached hydrogens (tertiary/aromatic N) is 1. The third-order valence-corrected chi connectivity index (χ3v) is 3.75. The SMILES string of the molecule is ClCC[C@H](c1ccccc1)n1ccc2ccccc21. The van der Waals surface area contributed by atoms with Crippen LogP contribution in [0.5, 0.6) is 0 Å². The lowest BCUT2D eigenvalue weighted by Crippen LogP contribution is -2.10. The fourth-order valence-corrected chi connectivity index (χ4v) is 2.83. The third-order valence-electron chi connectivity index (χ3n) is 3.53. The number of hydrogen-bond donors (Lipinski definition) is 0. The van der Waals surface area contributed by atoms with Gasteiger partial charge in [0.2, 0.25) is 0 Å². The number of aromatic nitrogens is 1. The molecule has 3 rings (SSSR count). The van der Waals surface area contributed by atoms with Gasteiger partial charge in [0.15, 0.2) is 0 Å². The van der Waals surface area contributed by atoms with Gasteiger partial charge in [-0.15, -0.1) is 11.6 Å². The quantitative estimate of drug-likeness (QED) is 0.596. The first kappa shape index (κ1) is 12.3. The standard InChI is InChI=1S/C17H16ClN/c18-12-10-17(14-6-2-1-3-7-14)19-13-11-15-8-4-5-9-16(15)19/h1-9,11,13,17H,10,12H2/t17-/m1/s1. The molecule has 96 valence electrons. The van der Waals surface area contributed by atoms with Gasteiger partial charge in [0.05, 0.1) is 6.04 Å². The number of benzene rings is 2. The van der Waals surface area contributed by atoms with Gasteiger partial charge in [0.25, 0.3) is 0 Å². The van der Waals surface area contributed by atoms with Gasteiger partial charge in [-0.1, -0.05) is 48.5 Å². The predicted octanol–water partition coefficient (Wildman–Crippen LogP) is 4.86. The molecule has 0 aliphatic rings. The van der Waals surface area contributed by atoms with E-state index in [9.17, 15) is 0 Å². The Bertz CT molecular complexity index is 657. The van der Waals surface area contributed by atoms with E-state index in [-0.39, 0.29) is 0 Å². The number of rotatable bonds is 4. The number of halogens is 1. The van der Waals surface area contributed by atoms with Crippen LogP contribution in [0.1, 0.15) is 18.0 Å². The lowest BCUT2D eigenvalue weighted by molar-refractivity contribution is 0.588. The Balaban J connectivity index is 2.10. The molecule has 0 unspecified atom stereocenters. The Morgan fingerprint density at radius 2 is 1.63 bits per heavy atom. The summed E-state index contributed by atoms with van der Waals surface area (Å²) in [5, 5.41) is 1.28. The van der Waals surface area contributed by atoms with E-state index in [4.69, 9.17) is 11.6 Å². The highest BCUT2D eigenvalue weighted by atomic mass is 35.5. The number of para-hydroxylation sites is 1. The lowest BCUT2D eigenvalue weighted by Gasteiger charge is -2.20. The molecule has 2 heteroatoms. The van der Waals surface area contributed by atoms with E-state index in [2.05, 4.69) is 71.4 Å². The molecule has 0 radical (unpaired) electrons. The highest BCUT2D eigenvalue weighted by molar-refractivity contribution is 6.17. The van der Waals surface area contributed by atoms with Gasteiger partial charge in [-0.3, -0.25) is 0 Å². The summed E-state index contributed by atoms with van der Waals surface area (Å²) in [5.41, 5.74) is 2.57. The summed E-state index contributed by atoms with van der Waals surface area (Å²) in [6, 6.07) is 21.5. The van der Waals surface area contributed by atoms with Gasteiger partial charge in [0.1, 0.15) is 0 Å². The van der Waals surface area contributed by atoms with Crippen LogP contribution in [0.2, 0.25) is 0 Å². The van der Waals surface area contributed by atoms with Gasteiger partial charge in [0, 0.05) is 17.6 Å². The lowest BCUT2D eigenvalue weighted by atomic mass is 10.0. The summed E-state index contributed by atoms with van der Waals surface area (Å²) in [6.45, 7) is 0. The van der Waals surface area contributed by atoms with Gasteiger partial charge in [-0.05, 0) is 29.5 Å². The van der Waals surface area contributed by atoms with Gasteiger partial charge < -0.3 is 4.57 Å². The van der Waals surface area contributed by atoms with Crippen molar-refractivity contribution >= 4 is 22.5 Å². The second-order valence-corrected chi connectivity index (χ2v) is 5.06. The number of fused-ring (bicyclic) bond motifs is 1. The molecular weight excluding hydrogens is 254 g/mol. The van der Waals surface area contributed by atoms with Crippen molar-refractivity contribution in [2.45, 2.75) is 12.5 Å². The molecule has 0 spiro atoms. The molecule has 0 bridgehead atoms. The Morgan fingerprint density at radius 3 is 2.42 bits per heavy atom. The highest BCUT2D eigenvalue weighted by Crippen LogP contribution is 2.27. The zero-order chi connectivity index (χ0) is 13.1. The fourth-order valence-electron chi connectivity index (χ4n) is 2.62. The van der Waals surface area contributed by atoms with Crippen LogP contribution in [-0.2, 0) is 0 Å². The van der Waals surface area contributed by atoms with Gasteiger partial charge >= 0.3 is 0 Å². The molecule has 0 N–H and O–H groups in total.